The van der Waals surface area contributed by atoms with E-state index in [0.29, 0.717) is 43.2 Å². The van der Waals surface area contributed by atoms with Crippen molar-refractivity contribution in [1.29, 1.82) is 0 Å². The third kappa shape index (κ3) is 5.72. The molecule has 0 aliphatic carbocycles. The summed E-state index contributed by atoms with van der Waals surface area (Å²) in [6.07, 6.45) is 3.93. The SMILES string of the molecule is Cl.NCCC(=O)NCCc1ccc(S(=O)(=O)N2CCCCC2)s1. The number of sulfonamides is 1. The van der Waals surface area contributed by atoms with Gasteiger partial charge in [-0.2, -0.15) is 4.31 Å². The van der Waals surface area contributed by atoms with E-state index in [4.69, 9.17) is 5.73 Å². The zero-order chi connectivity index (χ0) is 16.0. The van der Waals surface area contributed by atoms with Crippen molar-refractivity contribution in [3.8, 4) is 0 Å². The number of nitrogens with zero attached hydrogens (tertiary/aromatic N) is 1. The molecule has 0 atom stereocenters. The number of rotatable bonds is 7. The number of amides is 1. The minimum Gasteiger partial charge on any atom is -0.356 e. The highest BCUT2D eigenvalue weighted by atomic mass is 35.5. The molecule has 1 aliphatic rings. The molecule has 1 aliphatic heterocycles. The Balaban J connectivity index is 0.00000264. The summed E-state index contributed by atoms with van der Waals surface area (Å²) in [5, 5.41) is 2.77. The van der Waals surface area contributed by atoms with E-state index >= 15 is 0 Å². The first-order valence-electron chi connectivity index (χ1n) is 7.59. The number of halogens is 1. The number of carbonyl (C=O) groups excluding carboxylic acids is 1. The van der Waals surface area contributed by atoms with E-state index < -0.39 is 10.0 Å². The fraction of sp³-hybridized carbons (Fsp3) is 0.643. The topological polar surface area (TPSA) is 92.5 Å². The molecule has 3 N–H and O–H groups in total. The van der Waals surface area contributed by atoms with Gasteiger partial charge in [0, 0.05) is 37.5 Å². The molecule has 1 fully saturated rings. The molecule has 6 nitrogen and oxygen atoms in total. The second-order valence-corrected chi connectivity index (χ2v) is 8.66. The molecule has 0 aromatic carbocycles. The Hall–Kier alpha value is -0.670. The van der Waals surface area contributed by atoms with Crippen LogP contribution in [0, 0.1) is 0 Å². The number of piperidine rings is 1. The van der Waals surface area contributed by atoms with Gasteiger partial charge in [0.2, 0.25) is 5.91 Å². The Morgan fingerprint density at radius 1 is 1.26 bits per heavy atom. The number of carbonyl (C=O) groups is 1. The quantitative estimate of drug-likeness (QED) is 0.745. The van der Waals surface area contributed by atoms with Gasteiger partial charge in [-0.15, -0.1) is 23.7 Å². The predicted octanol–water partition coefficient (Wildman–Crippen LogP) is 1.35. The maximum absolute atomic E-state index is 12.5. The summed E-state index contributed by atoms with van der Waals surface area (Å²) in [5.74, 6) is -0.0692. The van der Waals surface area contributed by atoms with Crippen LogP contribution in [0.25, 0.3) is 0 Å². The van der Waals surface area contributed by atoms with Crippen LogP contribution in [0.15, 0.2) is 16.3 Å². The molecule has 0 bridgehead atoms. The van der Waals surface area contributed by atoms with Crippen LogP contribution < -0.4 is 11.1 Å². The molecule has 132 valence electrons. The monoisotopic (exact) mass is 381 g/mol. The van der Waals surface area contributed by atoms with Crippen LogP contribution >= 0.6 is 23.7 Å². The molecule has 0 spiro atoms. The highest BCUT2D eigenvalue weighted by molar-refractivity contribution is 7.91. The summed E-state index contributed by atoms with van der Waals surface area (Å²) in [6, 6.07) is 3.50. The van der Waals surface area contributed by atoms with Gasteiger partial charge in [0.1, 0.15) is 4.21 Å². The normalized spacial score (nSPS) is 15.9. The van der Waals surface area contributed by atoms with Crippen LogP contribution in [0.4, 0.5) is 0 Å². The van der Waals surface area contributed by atoms with Gasteiger partial charge in [-0.05, 0) is 31.4 Å². The van der Waals surface area contributed by atoms with Crippen LogP contribution in [-0.2, 0) is 21.2 Å². The molecule has 2 rings (SSSR count). The average Bonchev–Trinajstić information content (AvgIpc) is 2.98. The number of nitrogens with two attached hydrogens (primary N) is 1. The maximum atomic E-state index is 12.5. The Kier molecular flexibility index (Phi) is 8.49. The average molecular weight is 382 g/mol. The van der Waals surface area contributed by atoms with Crippen molar-refractivity contribution in [2.75, 3.05) is 26.2 Å². The standard InChI is InChI=1S/C14H23N3O3S2.ClH/c15-8-6-13(18)16-9-7-12-4-5-14(21-12)22(19,20)17-10-2-1-3-11-17;/h4-5H,1-3,6-11,15H2,(H,16,18);1H. The molecular weight excluding hydrogens is 358 g/mol. The number of hydrogen-bond acceptors (Lipinski definition) is 5. The molecule has 0 unspecified atom stereocenters. The van der Waals surface area contributed by atoms with Gasteiger partial charge >= 0.3 is 0 Å². The largest absolute Gasteiger partial charge is 0.356 e. The molecule has 1 saturated heterocycles. The van der Waals surface area contributed by atoms with Crippen molar-refractivity contribution in [3.63, 3.8) is 0 Å². The zero-order valence-electron chi connectivity index (χ0n) is 13.0. The zero-order valence-corrected chi connectivity index (χ0v) is 15.4. The lowest BCUT2D eigenvalue weighted by molar-refractivity contribution is -0.120. The minimum atomic E-state index is -3.34. The molecule has 0 saturated carbocycles. The van der Waals surface area contributed by atoms with Crippen molar-refractivity contribution >= 4 is 39.7 Å². The maximum Gasteiger partial charge on any atom is 0.252 e. The van der Waals surface area contributed by atoms with Gasteiger partial charge in [-0.1, -0.05) is 6.42 Å². The highest BCUT2D eigenvalue weighted by Gasteiger charge is 2.27. The van der Waals surface area contributed by atoms with Crippen molar-refractivity contribution in [2.45, 2.75) is 36.3 Å². The van der Waals surface area contributed by atoms with Crippen LogP contribution in [0.1, 0.15) is 30.6 Å². The summed E-state index contributed by atoms with van der Waals surface area (Å²) in [6.45, 7) is 2.07. The Morgan fingerprint density at radius 3 is 2.61 bits per heavy atom. The van der Waals surface area contributed by atoms with E-state index in [1.54, 1.807) is 10.4 Å². The first-order valence-corrected chi connectivity index (χ1v) is 9.85. The summed E-state index contributed by atoms with van der Waals surface area (Å²) in [4.78, 5) is 12.3. The van der Waals surface area contributed by atoms with Gasteiger partial charge in [0.05, 0.1) is 0 Å². The number of nitrogens with one attached hydrogen (secondary N) is 1. The van der Waals surface area contributed by atoms with Crippen LogP contribution in [0.3, 0.4) is 0 Å². The van der Waals surface area contributed by atoms with Crippen LogP contribution in [0.2, 0.25) is 0 Å². The van der Waals surface area contributed by atoms with Gasteiger partial charge in [-0.3, -0.25) is 4.79 Å². The lowest BCUT2D eigenvalue weighted by Crippen LogP contribution is -2.35. The molecule has 9 heteroatoms. The molecule has 1 amide bonds. The molecule has 0 radical (unpaired) electrons. The second kappa shape index (κ2) is 9.58. The number of thiophene rings is 1. The minimum absolute atomic E-state index is 0. The molecule has 23 heavy (non-hydrogen) atoms. The molecular formula is C14H24ClN3O3S2. The second-order valence-electron chi connectivity index (χ2n) is 5.32. The van der Waals surface area contributed by atoms with Gasteiger partial charge in [-0.25, -0.2) is 8.42 Å². The predicted molar refractivity (Wildman–Crippen MR) is 94.6 cm³/mol. The lowest BCUT2D eigenvalue weighted by atomic mass is 10.2. The van der Waals surface area contributed by atoms with Gasteiger partial charge < -0.3 is 11.1 Å². The van der Waals surface area contributed by atoms with Crippen LogP contribution in [0.5, 0.6) is 0 Å². The summed E-state index contributed by atoms with van der Waals surface area (Å²) < 4.78 is 27.0. The Labute approximate surface area is 147 Å². The van der Waals surface area contributed by atoms with E-state index in [2.05, 4.69) is 5.32 Å². The van der Waals surface area contributed by atoms with Crippen molar-refractivity contribution < 1.29 is 13.2 Å². The Morgan fingerprint density at radius 2 is 1.96 bits per heavy atom. The summed E-state index contributed by atoms with van der Waals surface area (Å²) in [7, 11) is -3.34. The summed E-state index contributed by atoms with van der Waals surface area (Å²) in [5.41, 5.74) is 5.30. The smallest absolute Gasteiger partial charge is 0.252 e. The van der Waals surface area contributed by atoms with Crippen molar-refractivity contribution in [3.05, 3.63) is 17.0 Å². The first kappa shape index (κ1) is 20.4. The van der Waals surface area contributed by atoms with Crippen molar-refractivity contribution in [1.82, 2.24) is 9.62 Å². The number of hydrogen-bond donors (Lipinski definition) is 2. The third-order valence-electron chi connectivity index (χ3n) is 3.61. The van der Waals surface area contributed by atoms with E-state index in [-0.39, 0.29) is 18.3 Å². The fourth-order valence-corrected chi connectivity index (χ4v) is 5.44. The van der Waals surface area contributed by atoms with E-state index in [9.17, 15) is 13.2 Å². The first-order chi connectivity index (χ1) is 10.5. The molecule has 2 heterocycles. The van der Waals surface area contributed by atoms with E-state index in [0.717, 1.165) is 24.1 Å². The third-order valence-corrected chi connectivity index (χ3v) is 7.12. The molecule has 1 aromatic heterocycles. The van der Waals surface area contributed by atoms with E-state index in [1.807, 2.05) is 6.07 Å². The van der Waals surface area contributed by atoms with Crippen LogP contribution in [-0.4, -0.2) is 44.8 Å². The Bertz CT molecular complexity index is 598. The summed E-state index contributed by atoms with van der Waals surface area (Å²) >= 11 is 1.29. The highest BCUT2D eigenvalue weighted by Crippen LogP contribution is 2.27. The molecule has 1 aromatic rings. The van der Waals surface area contributed by atoms with E-state index in [1.165, 1.54) is 11.3 Å². The van der Waals surface area contributed by atoms with Crippen molar-refractivity contribution in [2.24, 2.45) is 5.73 Å². The fourth-order valence-electron chi connectivity index (χ4n) is 2.41. The van der Waals surface area contributed by atoms with Gasteiger partial charge in [0.15, 0.2) is 0 Å². The lowest BCUT2D eigenvalue weighted by Gasteiger charge is -2.25. The van der Waals surface area contributed by atoms with Gasteiger partial charge in [0.25, 0.3) is 10.0 Å².